The second kappa shape index (κ2) is 6.76. The number of nitrogens with zero attached hydrogens (tertiary/aromatic N) is 1. The molecule has 0 amide bonds. The molecular weight excluding hydrogens is 292 g/mol. The number of halogens is 2. The highest BCUT2D eigenvalue weighted by atomic mass is 32.2. The van der Waals surface area contributed by atoms with Crippen LogP contribution in [0.3, 0.4) is 0 Å². The van der Waals surface area contributed by atoms with Crippen LogP contribution in [0.25, 0.3) is 0 Å². The number of hydrogen-bond donors (Lipinski definition) is 1. The predicted octanol–water partition coefficient (Wildman–Crippen LogP) is 1.36. The van der Waals surface area contributed by atoms with Crippen molar-refractivity contribution in [1.82, 2.24) is 4.90 Å². The van der Waals surface area contributed by atoms with Crippen molar-refractivity contribution >= 4 is 15.8 Å². The fourth-order valence-electron chi connectivity index (χ4n) is 1.54. The monoisotopic (exact) mass is 307 g/mol. The standard InChI is InChI=1S/C12H15F2NO4S/c1-15(8-11(13)14)5-6-20(18,19)10-4-2-3-9(7-10)12(16)17/h2-4,7,11H,5-6,8H2,1H3,(H,16,17). The highest BCUT2D eigenvalue weighted by Crippen LogP contribution is 2.14. The molecule has 0 saturated carbocycles. The maximum atomic E-state index is 12.1. The Bertz CT molecular complexity index is 575. The van der Waals surface area contributed by atoms with Crippen molar-refractivity contribution < 1.29 is 27.1 Å². The fourth-order valence-corrected chi connectivity index (χ4v) is 2.92. The maximum Gasteiger partial charge on any atom is 0.335 e. The van der Waals surface area contributed by atoms with E-state index in [1.165, 1.54) is 30.1 Å². The van der Waals surface area contributed by atoms with E-state index in [1.54, 1.807) is 0 Å². The zero-order valence-electron chi connectivity index (χ0n) is 10.8. The molecule has 20 heavy (non-hydrogen) atoms. The fraction of sp³-hybridized carbons (Fsp3) is 0.417. The number of aromatic carboxylic acids is 1. The van der Waals surface area contributed by atoms with Crippen molar-refractivity contribution in [2.24, 2.45) is 0 Å². The molecule has 1 aromatic carbocycles. The van der Waals surface area contributed by atoms with Crippen LogP contribution in [0.1, 0.15) is 10.4 Å². The first-order valence-corrected chi connectivity index (χ1v) is 7.40. The Hall–Kier alpha value is -1.54. The van der Waals surface area contributed by atoms with Crippen molar-refractivity contribution in [3.8, 4) is 0 Å². The summed E-state index contributed by atoms with van der Waals surface area (Å²) in [6.07, 6.45) is -2.53. The lowest BCUT2D eigenvalue weighted by Crippen LogP contribution is -2.30. The summed E-state index contributed by atoms with van der Waals surface area (Å²) in [5.74, 6) is -1.57. The van der Waals surface area contributed by atoms with Crippen LogP contribution in [-0.2, 0) is 9.84 Å². The SMILES string of the molecule is CN(CCS(=O)(=O)c1cccc(C(=O)O)c1)CC(F)F. The maximum absolute atomic E-state index is 12.1. The molecule has 0 spiro atoms. The average molecular weight is 307 g/mol. The zero-order chi connectivity index (χ0) is 15.3. The number of rotatable bonds is 7. The van der Waals surface area contributed by atoms with Crippen LogP contribution in [-0.4, -0.2) is 56.7 Å². The molecule has 0 bridgehead atoms. The second-order valence-corrected chi connectivity index (χ2v) is 6.41. The van der Waals surface area contributed by atoms with Gasteiger partial charge in [-0.3, -0.25) is 4.90 Å². The van der Waals surface area contributed by atoms with Gasteiger partial charge in [0.15, 0.2) is 9.84 Å². The van der Waals surface area contributed by atoms with E-state index in [0.717, 1.165) is 6.07 Å². The Morgan fingerprint density at radius 2 is 2.05 bits per heavy atom. The molecule has 0 radical (unpaired) electrons. The smallest absolute Gasteiger partial charge is 0.335 e. The molecule has 0 saturated heterocycles. The molecular formula is C12H15F2NO4S. The van der Waals surface area contributed by atoms with Gasteiger partial charge in [0.25, 0.3) is 6.43 Å². The Kier molecular flexibility index (Phi) is 5.58. The van der Waals surface area contributed by atoms with Crippen LogP contribution < -0.4 is 0 Å². The summed E-state index contributed by atoms with van der Waals surface area (Å²) >= 11 is 0. The van der Waals surface area contributed by atoms with Crippen LogP contribution >= 0.6 is 0 Å². The van der Waals surface area contributed by atoms with Crippen molar-refractivity contribution in [2.75, 3.05) is 25.9 Å². The predicted molar refractivity (Wildman–Crippen MR) is 69.0 cm³/mol. The molecule has 0 heterocycles. The summed E-state index contributed by atoms with van der Waals surface area (Å²) < 4.78 is 48.2. The van der Waals surface area contributed by atoms with Gasteiger partial charge in [-0.15, -0.1) is 0 Å². The van der Waals surface area contributed by atoms with Gasteiger partial charge in [-0.1, -0.05) is 6.07 Å². The van der Waals surface area contributed by atoms with Crippen LogP contribution in [0.2, 0.25) is 0 Å². The summed E-state index contributed by atoms with van der Waals surface area (Å²) in [6, 6.07) is 4.96. The van der Waals surface area contributed by atoms with Crippen LogP contribution in [0.4, 0.5) is 8.78 Å². The minimum absolute atomic E-state index is 0.0516. The lowest BCUT2D eigenvalue weighted by atomic mass is 10.2. The number of hydrogen-bond acceptors (Lipinski definition) is 4. The molecule has 0 atom stereocenters. The van der Waals surface area contributed by atoms with Crippen molar-refractivity contribution in [3.63, 3.8) is 0 Å². The quantitative estimate of drug-likeness (QED) is 0.823. The number of sulfone groups is 1. The molecule has 112 valence electrons. The van der Waals surface area contributed by atoms with Crippen molar-refractivity contribution in [3.05, 3.63) is 29.8 Å². The number of benzene rings is 1. The molecule has 5 nitrogen and oxygen atoms in total. The summed E-state index contributed by atoms with van der Waals surface area (Å²) in [7, 11) is -2.30. The lowest BCUT2D eigenvalue weighted by Gasteiger charge is -2.15. The number of carboxylic acid groups (broad SMARTS) is 1. The first kappa shape index (κ1) is 16.5. The van der Waals surface area contributed by atoms with Crippen LogP contribution in [0.15, 0.2) is 29.2 Å². The Morgan fingerprint density at radius 3 is 2.60 bits per heavy atom. The van der Waals surface area contributed by atoms with E-state index in [2.05, 4.69) is 0 Å². The molecule has 0 aromatic heterocycles. The normalized spacial score (nSPS) is 12.1. The number of alkyl halides is 2. The first-order valence-electron chi connectivity index (χ1n) is 5.75. The summed E-state index contributed by atoms with van der Waals surface area (Å²) in [4.78, 5) is 11.9. The van der Waals surface area contributed by atoms with Gasteiger partial charge >= 0.3 is 5.97 Å². The number of carboxylic acids is 1. The Labute approximate surface area is 115 Å². The van der Waals surface area contributed by atoms with Crippen LogP contribution in [0.5, 0.6) is 0 Å². The second-order valence-electron chi connectivity index (χ2n) is 4.31. The van der Waals surface area contributed by atoms with E-state index in [9.17, 15) is 22.0 Å². The summed E-state index contributed by atoms with van der Waals surface area (Å²) in [6.45, 7) is -0.561. The summed E-state index contributed by atoms with van der Waals surface area (Å²) in [5.41, 5.74) is -0.132. The van der Waals surface area contributed by atoms with Gasteiger partial charge in [-0.05, 0) is 25.2 Å². The topological polar surface area (TPSA) is 74.7 Å². The molecule has 0 unspecified atom stereocenters. The molecule has 0 aliphatic heterocycles. The molecule has 1 N–H and O–H groups in total. The van der Waals surface area contributed by atoms with Crippen LogP contribution in [0, 0.1) is 0 Å². The van der Waals surface area contributed by atoms with Gasteiger partial charge in [0, 0.05) is 6.54 Å². The van der Waals surface area contributed by atoms with E-state index in [0.29, 0.717) is 0 Å². The van der Waals surface area contributed by atoms with E-state index in [-0.39, 0.29) is 22.8 Å². The van der Waals surface area contributed by atoms with Gasteiger partial charge in [-0.2, -0.15) is 0 Å². The summed E-state index contributed by atoms with van der Waals surface area (Å²) in [5, 5.41) is 8.81. The molecule has 0 fully saturated rings. The average Bonchev–Trinajstić information content (AvgIpc) is 2.36. The van der Waals surface area contributed by atoms with E-state index < -0.39 is 28.8 Å². The Balaban J connectivity index is 2.79. The van der Waals surface area contributed by atoms with Crippen molar-refractivity contribution in [1.29, 1.82) is 0 Å². The molecule has 1 aromatic rings. The minimum Gasteiger partial charge on any atom is -0.478 e. The first-order chi connectivity index (χ1) is 9.22. The molecule has 0 aliphatic carbocycles. The largest absolute Gasteiger partial charge is 0.478 e. The van der Waals surface area contributed by atoms with Gasteiger partial charge in [0.1, 0.15) is 0 Å². The van der Waals surface area contributed by atoms with Gasteiger partial charge in [0.2, 0.25) is 0 Å². The molecule has 1 rings (SSSR count). The van der Waals surface area contributed by atoms with E-state index >= 15 is 0 Å². The minimum atomic E-state index is -3.70. The third kappa shape index (κ3) is 4.86. The number of carbonyl (C=O) groups is 1. The van der Waals surface area contributed by atoms with Crippen molar-refractivity contribution in [2.45, 2.75) is 11.3 Å². The van der Waals surface area contributed by atoms with Gasteiger partial charge in [0.05, 0.1) is 22.8 Å². The van der Waals surface area contributed by atoms with Gasteiger partial charge < -0.3 is 5.11 Å². The van der Waals surface area contributed by atoms with Gasteiger partial charge in [-0.25, -0.2) is 22.0 Å². The third-order valence-electron chi connectivity index (χ3n) is 2.63. The van der Waals surface area contributed by atoms with E-state index in [1.807, 2.05) is 0 Å². The third-order valence-corrected chi connectivity index (χ3v) is 4.32. The highest BCUT2D eigenvalue weighted by molar-refractivity contribution is 7.91. The Morgan fingerprint density at radius 1 is 1.40 bits per heavy atom. The zero-order valence-corrected chi connectivity index (χ0v) is 11.6. The van der Waals surface area contributed by atoms with E-state index in [4.69, 9.17) is 5.11 Å². The highest BCUT2D eigenvalue weighted by Gasteiger charge is 2.18. The molecule has 0 aliphatic rings. The lowest BCUT2D eigenvalue weighted by molar-refractivity contribution is 0.0696. The molecule has 8 heteroatoms.